The van der Waals surface area contributed by atoms with Gasteiger partial charge in [0.25, 0.3) is 5.91 Å². The van der Waals surface area contributed by atoms with Crippen molar-refractivity contribution in [3.8, 4) is 5.75 Å². The van der Waals surface area contributed by atoms with E-state index in [0.29, 0.717) is 24.3 Å². The van der Waals surface area contributed by atoms with Crippen LogP contribution in [0.25, 0.3) is 0 Å². The van der Waals surface area contributed by atoms with Crippen molar-refractivity contribution >= 4 is 11.6 Å². The molecule has 108 valence electrons. The van der Waals surface area contributed by atoms with Gasteiger partial charge in [-0.3, -0.25) is 4.79 Å². The molecule has 1 atom stereocenters. The van der Waals surface area contributed by atoms with Gasteiger partial charge in [0.15, 0.2) is 0 Å². The number of carbonyl (C=O) groups is 1. The fourth-order valence-electron chi connectivity index (χ4n) is 2.64. The molecule has 1 N–H and O–H groups in total. The first-order valence-electron chi connectivity index (χ1n) is 6.93. The summed E-state index contributed by atoms with van der Waals surface area (Å²) >= 11 is 0. The zero-order chi connectivity index (χ0) is 14.8. The van der Waals surface area contributed by atoms with Crippen molar-refractivity contribution in [2.24, 2.45) is 0 Å². The van der Waals surface area contributed by atoms with Gasteiger partial charge in [0, 0.05) is 23.7 Å². The lowest BCUT2D eigenvalue weighted by atomic mass is 9.97. The van der Waals surface area contributed by atoms with Gasteiger partial charge in [-0.25, -0.2) is 0 Å². The summed E-state index contributed by atoms with van der Waals surface area (Å²) in [5, 5.41) is 10.1. The first kappa shape index (κ1) is 13.6. The number of amides is 1. The predicted molar refractivity (Wildman–Crippen MR) is 80.7 cm³/mol. The molecule has 2 aromatic rings. The smallest absolute Gasteiger partial charge is 0.258 e. The number of nitrogens with zero attached hydrogens (tertiary/aromatic N) is 1. The molecule has 1 aliphatic rings. The van der Waals surface area contributed by atoms with Crippen molar-refractivity contribution in [3.63, 3.8) is 0 Å². The van der Waals surface area contributed by atoms with Crippen molar-refractivity contribution in [2.75, 3.05) is 18.6 Å². The Kier molecular flexibility index (Phi) is 3.62. The summed E-state index contributed by atoms with van der Waals surface area (Å²) in [6.07, 6.45) is 0.00322. The van der Waals surface area contributed by atoms with E-state index >= 15 is 0 Å². The largest absolute Gasteiger partial charge is 0.497 e. The zero-order valence-corrected chi connectivity index (χ0v) is 11.8. The molecule has 1 amide bonds. The van der Waals surface area contributed by atoms with Gasteiger partial charge in [-0.15, -0.1) is 0 Å². The quantitative estimate of drug-likeness (QED) is 0.922. The van der Waals surface area contributed by atoms with Crippen LogP contribution in [0.3, 0.4) is 0 Å². The molecule has 0 aromatic heterocycles. The maximum atomic E-state index is 12.7. The summed E-state index contributed by atoms with van der Waals surface area (Å²) in [5.41, 5.74) is 2.14. The van der Waals surface area contributed by atoms with Crippen molar-refractivity contribution in [1.82, 2.24) is 0 Å². The Morgan fingerprint density at radius 1 is 1.24 bits per heavy atom. The molecule has 0 saturated carbocycles. The Balaban J connectivity index is 2.02. The number of fused-ring (bicyclic) bond motifs is 1. The van der Waals surface area contributed by atoms with Crippen LogP contribution >= 0.6 is 0 Å². The van der Waals surface area contributed by atoms with Gasteiger partial charge in [-0.05, 0) is 24.6 Å². The van der Waals surface area contributed by atoms with Gasteiger partial charge in [0.05, 0.1) is 18.9 Å². The molecule has 1 aliphatic heterocycles. The van der Waals surface area contributed by atoms with Gasteiger partial charge in [-0.2, -0.15) is 0 Å². The van der Waals surface area contributed by atoms with Crippen LogP contribution in [0.1, 0.15) is 28.4 Å². The zero-order valence-electron chi connectivity index (χ0n) is 11.8. The summed E-state index contributed by atoms with van der Waals surface area (Å²) in [6, 6.07) is 14.6. The van der Waals surface area contributed by atoms with Crippen molar-refractivity contribution < 1.29 is 14.6 Å². The molecule has 4 nitrogen and oxygen atoms in total. The summed E-state index contributed by atoms with van der Waals surface area (Å²) in [6.45, 7) is 0.495. The number of carbonyl (C=O) groups excluding carboxylic acids is 1. The maximum absolute atomic E-state index is 12.7. The first-order chi connectivity index (χ1) is 10.2. The summed E-state index contributed by atoms with van der Waals surface area (Å²) in [4.78, 5) is 14.4. The molecule has 2 aromatic carbocycles. The van der Waals surface area contributed by atoms with Crippen molar-refractivity contribution in [3.05, 3.63) is 59.7 Å². The maximum Gasteiger partial charge on any atom is 0.258 e. The lowest BCUT2D eigenvalue weighted by molar-refractivity contribution is 0.0970. The van der Waals surface area contributed by atoms with Gasteiger partial charge < -0.3 is 14.7 Å². The molecule has 1 heterocycles. The number of anilines is 1. The van der Waals surface area contributed by atoms with Crippen LogP contribution < -0.4 is 9.64 Å². The molecule has 1 unspecified atom stereocenters. The lowest BCUT2D eigenvalue weighted by Gasteiger charge is -2.32. The van der Waals surface area contributed by atoms with E-state index in [9.17, 15) is 9.90 Å². The van der Waals surface area contributed by atoms with E-state index < -0.39 is 6.10 Å². The molecule has 0 aliphatic carbocycles. The van der Waals surface area contributed by atoms with E-state index in [0.717, 1.165) is 11.3 Å². The van der Waals surface area contributed by atoms with Crippen molar-refractivity contribution in [1.29, 1.82) is 0 Å². The van der Waals surface area contributed by atoms with Gasteiger partial charge in [0.1, 0.15) is 5.75 Å². The predicted octanol–water partition coefficient (Wildman–Crippen LogP) is 2.78. The van der Waals surface area contributed by atoms with Crippen LogP contribution in [0, 0.1) is 0 Å². The minimum Gasteiger partial charge on any atom is -0.497 e. The Morgan fingerprint density at radius 2 is 2.00 bits per heavy atom. The summed E-state index contributed by atoms with van der Waals surface area (Å²) in [5.74, 6) is 0.616. The number of ether oxygens (including phenoxy) is 1. The number of methoxy groups -OCH3 is 1. The second-order valence-electron chi connectivity index (χ2n) is 5.05. The molecule has 0 radical (unpaired) electrons. The number of aliphatic hydroxyl groups excluding tert-OH is 1. The van der Waals surface area contributed by atoms with E-state index in [-0.39, 0.29) is 5.91 Å². The number of rotatable bonds is 2. The topological polar surface area (TPSA) is 49.8 Å². The average molecular weight is 283 g/mol. The first-order valence-corrected chi connectivity index (χ1v) is 6.93. The van der Waals surface area contributed by atoms with E-state index in [1.54, 1.807) is 36.3 Å². The number of aliphatic hydroxyl groups is 1. The third-order valence-corrected chi connectivity index (χ3v) is 3.78. The van der Waals surface area contributed by atoms with Gasteiger partial charge in [0.2, 0.25) is 0 Å². The average Bonchev–Trinajstić information content (AvgIpc) is 2.55. The Labute approximate surface area is 123 Å². The third-order valence-electron chi connectivity index (χ3n) is 3.78. The Hall–Kier alpha value is -2.33. The fourth-order valence-corrected chi connectivity index (χ4v) is 2.64. The highest BCUT2D eigenvalue weighted by Gasteiger charge is 2.28. The minimum atomic E-state index is -0.536. The number of benzene rings is 2. The highest BCUT2D eigenvalue weighted by atomic mass is 16.5. The van der Waals surface area contributed by atoms with Crippen LogP contribution in [0.2, 0.25) is 0 Å². The van der Waals surface area contributed by atoms with E-state index in [1.807, 2.05) is 24.3 Å². The molecule has 21 heavy (non-hydrogen) atoms. The summed E-state index contributed by atoms with van der Waals surface area (Å²) in [7, 11) is 1.59. The number of hydrogen-bond acceptors (Lipinski definition) is 3. The molecule has 3 rings (SSSR count). The normalized spacial score (nSPS) is 17.2. The molecule has 4 heteroatoms. The van der Waals surface area contributed by atoms with Crippen LogP contribution in [-0.2, 0) is 0 Å². The second kappa shape index (κ2) is 5.58. The standard InChI is InChI=1S/C17H17NO3/c1-21-13-7-8-14-15(11-13)18(10-9-16(14)19)17(20)12-5-3-2-4-6-12/h2-8,11,16,19H,9-10H2,1H3. The fraction of sp³-hybridized carbons (Fsp3) is 0.235. The van der Waals surface area contributed by atoms with Crippen LogP contribution in [0.4, 0.5) is 5.69 Å². The Bertz CT molecular complexity index is 654. The van der Waals surface area contributed by atoms with E-state index in [4.69, 9.17) is 4.74 Å². The minimum absolute atomic E-state index is 0.0583. The molecular weight excluding hydrogens is 266 g/mol. The molecule has 0 fully saturated rings. The monoisotopic (exact) mass is 283 g/mol. The summed E-state index contributed by atoms with van der Waals surface area (Å²) < 4.78 is 5.23. The lowest BCUT2D eigenvalue weighted by Crippen LogP contribution is -2.36. The van der Waals surface area contributed by atoms with Gasteiger partial charge in [-0.1, -0.05) is 24.3 Å². The van der Waals surface area contributed by atoms with Crippen molar-refractivity contribution in [2.45, 2.75) is 12.5 Å². The highest BCUT2D eigenvalue weighted by molar-refractivity contribution is 6.06. The SMILES string of the molecule is COc1ccc2c(c1)N(C(=O)c1ccccc1)CCC2O. The van der Waals surface area contributed by atoms with Gasteiger partial charge >= 0.3 is 0 Å². The van der Waals surface area contributed by atoms with E-state index in [2.05, 4.69) is 0 Å². The second-order valence-corrected chi connectivity index (χ2v) is 5.05. The molecular formula is C17H17NO3. The Morgan fingerprint density at radius 3 is 2.71 bits per heavy atom. The van der Waals surface area contributed by atoms with Crippen LogP contribution in [-0.4, -0.2) is 24.7 Å². The molecule has 0 spiro atoms. The highest BCUT2D eigenvalue weighted by Crippen LogP contribution is 2.37. The van der Waals surface area contributed by atoms with Crippen LogP contribution in [0.15, 0.2) is 48.5 Å². The molecule has 0 bridgehead atoms. The number of hydrogen-bond donors (Lipinski definition) is 1. The van der Waals surface area contributed by atoms with Crippen LogP contribution in [0.5, 0.6) is 5.75 Å². The molecule has 0 saturated heterocycles. The third kappa shape index (κ3) is 2.50. The van der Waals surface area contributed by atoms with E-state index in [1.165, 1.54) is 0 Å².